The van der Waals surface area contributed by atoms with Crippen LogP contribution in [0.5, 0.6) is 11.5 Å². The van der Waals surface area contributed by atoms with Crippen molar-refractivity contribution >= 4 is 21.8 Å². The summed E-state index contributed by atoms with van der Waals surface area (Å²) in [6.45, 7) is 4.38. The van der Waals surface area contributed by atoms with E-state index in [4.69, 9.17) is 9.47 Å². The predicted molar refractivity (Wildman–Crippen MR) is 107 cm³/mol. The van der Waals surface area contributed by atoms with Crippen molar-refractivity contribution in [1.29, 1.82) is 0 Å². The molecule has 1 aromatic carbocycles. The number of amides is 2. The maximum absolute atomic E-state index is 12.9. The van der Waals surface area contributed by atoms with Crippen molar-refractivity contribution < 1.29 is 27.5 Å². The highest BCUT2D eigenvalue weighted by Crippen LogP contribution is 2.32. The largest absolute Gasteiger partial charge is 0.493 e. The van der Waals surface area contributed by atoms with Gasteiger partial charge in [-0.2, -0.15) is 4.31 Å². The zero-order chi connectivity index (χ0) is 21.6. The predicted octanol–water partition coefficient (Wildman–Crippen LogP) is 0.745. The molecule has 29 heavy (non-hydrogen) atoms. The molecular formula is C19H29N3O6S. The number of piperidine rings is 1. The molecule has 0 bridgehead atoms. The molecule has 1 aliphatic heterocycles. The first-order valence-corrected chi connectivity index (χ1v) is 11.0. The number of carbonyl (C=O) groups is 2. The van der Waals surface area contributed by atoms with Crippen LogP contribution in [0.2, 0.25) is 0 Å². The fourth-order valence-corrected chi connectivity index (χ4v) is 4.69. The van der Waals surface area contributed by atoms with E-state index in [-0.39, 0.29) is 35.7 Å². The Hall–Kier alpha value is -2.33. The Kier molecular flexibility index (Phi) is 7.86. The first-order valence-electron chi connectivity index (χ1n) is 9.54. The van der Waals surface area contributed by atoms with E-state index in [1.165, 1.54) is 30.7 Å². The van der Waals surface area contributed by atoms with Crippen LogP contribution in [0.15, 0.2) is 23.1 Å². The van der Waals surface area contributed by atoms with Gasteiger partial charge >= 0.3 is 0 Å². The fraction of sp³-hybridized carbons (Fsp3) is 0.579. The van der Waals surface area contributed by atoms with Crippen molar-refractivity contribution in [3.63, 3.8) is 0 Å². The van der Waals surface area contributed by atoms with Gasteiger partial charge in [0.2, 0.25) is 21.8 Å². The lowest BCUT2D eigenvalue weighted by Crippen LogP contribution is -2.49. The Morgan fingerprint density at radius 1 is 1.17 bits per heavy atom. The second-order valence-electron chi connectivity index (χ2n) is 6.82. The van der Waals surface area contributed by atoms with Crippen LogP contribution in [-0.2, 0) is 19.6 Å². The zero-order valence-corrected chi connectivity index (χ0v) is 18.0. The second kappa shape index (κ2) is 9.93. The summed E-state index contributed by atoms with van der Waals surface area (Å²) in [5.74, 6) is -0.0183. The molecule has 10 heteroatoms. The van der Waals surface area contributed by atoms with Crippen LogP contribution in [0.4, 0.5) is 0 Å². The van der Waals surface area contributed by atoms with Gasteiger partial charge in [0.25, 0.3) is 0 Å². The van der Waals surface area contributed by atoms with Gasteiger partial charge in [0.05, 0.1) is 19.1 Å². The number of nitrogens with zero attached hydrogens (tertiary/aromatic N) is 1. The summed E-state index contributed by atoms with van der Waals surface area (Å²) in [6, 6.07) is 3.83. The Bertz CT molecular complexity index is 834. The van der Waals surface area contributed by atoms with E-state index in [1.807, 2.05) is 0 Å². The van der Waals surface area contributed by atoms with Crippen LogP contribution in [0.3, 0.4) is 0 Å². The molecule has 2 rings (SSSR count). The maximum atomic E-state index is 12.9. The molecule has 0 saturated carbocycles. The molecule has 1 heterocycles. The van der Waals surface area contributed by atoms with Crippen molar-refractivity contribution in [3.05, 3.63) is 18.2 Å². The van der Waals surface area contributed by atoms with Crippen molar-refractivity contribution in [2.75, 3.05) is 33.9 Å². The Labute approximate surface area is 171 Å². The number of carbonyl (C=O) groups excluding carboxylic acids is 2. The molecule has 9 nitrogen and oxygen atoms in total. The van der Waals surface area contributed by atoms with E-state index in [0.717, 1.165) is 0 Å². The van der Waals surface area contributed by atoms with Gasteiger partial charge in [0.1, 0.15) is 6.04 Å². The number of sulfonamides is 1. The molecule has 0 unspecified atom stereocenters. The molecule has 0 radical (unpaired) electrons. The number of hydrogen-bond acceptors (Lipinski definition) is 6. The van der Waals surface area contributed by atoms with Crippen LogP contribution in [-0.4, -0.2) is 64.4 Å². The average Bonchev–Trinajstić information content (AvgIpc) is 2.73. The average molecular weight is 428 g/mol. The van der Waals surface area contributed by atoms with Crippen molar-refractivity contribution in [2.24, 2.45) is 5.92 Å². The third-order valence-electron chi connectivity index (χ3n) is 4.92. The highest BCUT2D eigenvalue weighted by molar-refractivity contribution is 7.89. The van der Waals surface area contributed by atoms with Crippen molar-refractivity contribution in [2.45, 2.75) is 37.6 Å². The standard InChI is InChI=1S/C19H29N3O6S/c1-5-20-18(23)13(2)21-19(24)14-8-10-22(11-9-14)29(25,26)15-6-7-16(27-3)17(12-15)28-4/h6-7,12-14H,5,8-11H2,1-4H3,(H,20,23)(H,21,24)/t13-/m0/s1. The van der Waals surface area contributed by atoms with E-state index >= 15 is 0 Å². The fourth-order valence-electron chi connectivity index (χ4n) is 3.21. The summed E-state index contributed by atoms with van der Waals surface area (Å²) in [7, 11) is -0.785. The molecule has 1 saturated heterocycles. The van der Waals surface area contributed by atoms with Gasteiger partial charge in [-0.3, -0.25) is 9.59 Å². The summed E-state index contributed by atoms with van der Waals surface area (Å²) in [6.07, 6.45) is 0.779. The normalized spacial score (nSPS) is 16.7. The highest BCUT2D eigenvalue weighted by atomic mass is 32.2. The van der Waals surface area contributed by atoms with E-state index in [9.17, 15) is 18.0 Å². The third-order valence-corrected chi connectivity index (χ3v) is 6.82. The number of rotatable bonds is 8. The topological polar surface area (TPSA) is 114 Å². The molecule has 1 fully saturated rings. The highest BCUT2D eigenvalue weighted by Gasteiger charge is 2.33. The lowest BCUT2D eigenvalue weighted by molar-refractivity contribution is -0.131. The minimum Gasteiger partial charge on any atom is -0.493 e. The molecule has 2 N–H and O–H groups in total. The summed E-state index contributed by atoms with van der Waals surface area (Å²) in [5.41, 5.74) is 0. The molecule has 0 spiro atoms. The number of nitrogens with one attached hydrogen (secondary N) is 2. The first-order chi connectivity index (χ1) is 13.7. The molecule has 162 valence electrons. The maximum Gasteiger partial charge on any atom is 0.243 e. The number of hydrogen-bond donors (Lipinski definition) is 2. The summed E-state index contributed by atoms with van der Waals surface area (Å²) >= 11 is 0. The van der Waals surface area contributed by atoms with Gasteiger partial charge in [-0.25, -0.2) is 8.42 Å². The number of likely N-dealkylation sites (N-methyl/N-ethyl adjacent to an activating group) is 1. The van der Waals surface area contributed by atoms with Gasteiger partial charge in [0, 0.05) is 31.6 Å². The van der Waals surface area contributed by atoms with Crippen LogP contribution < -0.4 is 20.1 Å². The van der Waals surface area contributed by atoms with Gasteiger partial charge < -0.3 is 20.1 Å². The SMILES string of the molecule is CCNC(=O)[C@H](C)NC(=O)C1CCN(S(=O)(=O)c2ccc(OC)c(OC)c2)CC1. The third kappa shape index (κ3) is 5.39. The molecule has 1 aliphatic rings. The number of ether oxygens (including phenoxy) is 2. The summed E-state index contributed by atoms with van der Waals surface area (Å²) in [5, 5.41) is 5.35. The number of benzene rings is 1. The van der Waals surface area contributed by atoms with E-state index in [1.54, 1.807) is 19.9 Å². The molecule has 0 aromatic heterocycles. The van der Waals surface area contributed by atoms with Gasteiger partial charge in [-0.15, -0.1) is 0 Å². The van der Waals surface area contributed by atoms with Crippen molar-refractivity contribution in [3.8, 4) is 11.5 Å². The molecule has 2 amide bonds. The van der Waals surface area contributed by atoms with Gasteiger partial charge in [0.15, 0.2) is 11.5 Å². The minimum absolute atomic E-state index is 0.114. The molecular weight excluding hydrogens is 398 g/mol. The Morgan fingerprint density at radius 2 is 1.79 bits per heavy atom. The van der Waals surface area contributed by atoms with Gasteiger partial charge in [-0.05, 0) is 38.8 Å². The lowest BCUT2D eigenvalue weighted by atomic mass is 9.97. The molecule has 1 atom stereocenters. The van der Waals surface area contributed by atoms with E-state index in [0.29, 0.717) is 30.9 Å². The van der Waals surface area contributed by atoms with E-state index < -0.39 is 16.1 Å². The lowest BCUT2D eigenvalue weighted by Gasteiger charge is -2.31. The molecule has 1 aromatic rings. The number of methoxy groups -OCH3 is 2. The summed E-state index contributed by atoms with van der Waals surface area (Å²) < 4.78 is 37.6. The van der Waals surface area contributed by atoms with Crippen LogP contribution in [0.1, 0.15) is 26.7 Å². The quantitative estimate of drug-likeness (QED) is 0.633. The molecule has 0 aliphatic carbocycles. The van der Waals surface area contributed by atoms with E-state index in [2.05, 4.69) is 10.6 Å². The smallest absolute Gasteiger partial charge is 0.243 e. The first kappa shape index (κ1) is 23.0. The second-order valence-corrected chi connectivity index (χ2v) is 8.76. The van der Waals surface area contributed by atoms with Crippen LogP contribution in [0, 0.1) is 5.92 Å². The van der Waals surface area contributed by atoms with Crippen molar-refractivity contribution in [1.82, 2.24) is 14.9 Å². The van der Waals surface area contributed by atoms with Crippen LogP contribution in [0.25, 0.3) is 0 Å². The Balaban J connectivity index is 2.01. The minimum atomic E-state index is -3.71. The Morgan fingerprint density at radius 3 is 2.34 bits per heavy atom. The monoisotopic (exact) mass is 427 g/mol. The van der Waals surface area contributed by atoms with Gasteiger partial charge in [-0.1, -0.05) is 0 Å². The van der Waals surface area contributed by atoms with Crippen LogP contribution >= 0.6 is 0 Å². The zero-order valence-electron chi connectivity index (χ0n) is 17.2. The summed E-state index contributed by atoms with van der Waals surface area (Å²) in [4.78, 5) is 24.3.